The van der Waals surface area contributed by atoms with Gasteiger partial charge < -0.3 is 10.1 Å². The zero-order valence-corrected chi connectivity index (χ0v) is 15.1. The van der Waals surface area contributed by atoms with Gasteiger partial charge in [0, 0.05) is 30.3 Å². The molecule has 1 N–H and O–H groups in total. The SMILES string of the molecule is CC(=O)N[C@@H](C)C=Cc1ccc(Oc2ccc(C3CC3)c(Cl)c2)nc1. The van der Waals surface area contributed by atoms with Crippen molar-refractivity contribution in [3.05, 3.63) is 58.8 Å². The molecule has 1 fully saturated rings. The van der Waals surface area contributed by atoms with E-state index in [0.717, 1.165) is 10.6 Å². The molecular weight excluding hydrogens is 336 g/mol. The summed E-state index contributed by atoms with van der Waals surface area (Å²) >= 11 is 6.32. The van der Waals surface area contributed by atoms with Gasteiger partial charge >= 0.3 is 0 Å². The number of ether oxygens (including phenoxy) is 1. The summed E-state index contributed by atoms with van der Waals surface area (Å²) in [6.07, 6.45) is 7.99. The third-order valence-corrected chi connectivity index (χ3v) is 4.31. The van der Waals surface area contributed by atoms with Crippen molar-refractivity contribution in [2.45, 2.75) is 38.6 Å². The summed E-state index contributed by atoms with van der Waals surface area (Å²) in [7, 11) is 0. The fraction of sp³-hybridized carbons (Fsp3) is 0.300. The van der Waals surface area contributed by atoms with E-state index in [1.165, 1.54) is 25.3 Å². The van der Waals surface area contributed by atoms with Crippen LogP contribution in [0.1, 0.15) is 43.7 Å². The second-order valence-corrected chi connectivity index (χ2v) is 6.74. The van der Waals surface area contributed by atoms with E-state index in [0.29, 0.717) is 17.5 Å². The van der Waals surface area contributed by atoms with Gasteiger partial charge in [-0.15, -0.1) is 0 Å². The number of carbonyl (C=O) groups is 1. The van der Waals surface area contributed by atoms with Gasteiger partial charge in [-0.05, 0) is 55.0 Å². The van der Waals surface area contributed by atoms with E-state index >= 15 is 0 Å². The first kappa shape index (κ1) is 17.5. The first-order chi connectivity index (χ1) is 12.0. The number of rotatable bonds is 6. The number of nitrogens with one attached hydrogen (secondary N) is 1. The quantitative estimate of drug-likeness (QED) is 0.797. The summed E-state index contributed by atoms with van der Waals surface area (Å²) in [5.41, 5.74) is 2.14. The van der Waals surface area contributed by atoms with Gasteiger partial charge in [-0.3, -0.25) is 4.79 Å². The molecule has 3 rings (SSSR count). The fourth-order valence-electron chi connectivity index (χ4n) is 2.59. The molecule has 5 heteroatoms. The standard InChI is InChI=1S/C20H21ClN2O2/c1-13(23-14(2)24)3-4-15-5-10-20(22-12-15)25-17-8-9-18(16-6-7-16)19(21)11-17/h3-5,8-13,16H,6-7H2,1-2H3,(H,23,24)/t13-/m0/s1. The zero-order valence-electron chi connectivity index (χ0n) is 14.3. The molecule has 1 aromatic heterocycles. The van der Waals surface area contributed by atoms with Crippen molar-refractivity contribution in [3.8, 4) is 11.6 Å². The van der Waals surface area contributed by atoms with Crippen molar-refractivity contribution in [2.75, 3.05) is 0 Å². The van der Waals surface area contributed by atoms with Crippen LogP contribution in [0.25, 0.3) is 6.08 Å². The van der Waals surface area contributed by atoms with Crippen molar-refractivity contribution >= 4 is 23.6 Å². The average Bonchev–Trinajstić information content (AvgIpc) is 3.38. The predicted molar refractivity (Wildman–Crippen MR) is 100 cm³/mol. The Bertz CT molecular complexity index is 783. The first-order valence-electron chi connectivity index (χ1n) is 8.40. The monoisotopic (exact) mass is 356 g/mol. The van der Waals surface area contributed by atoms with Crippen molar-refractivity contribution in [1.29, 1.82) is 0 Å². The fourth-order valence-corrected chi connectivity index (χ4v) is 2.92. The maximum Gasteiger partial charge on any atom is 0.219 e. The van der Waals surface area contributed by atoms with Crippen LogP contribution in [0.2, 0.25) is 5.02 Å². The van der Waals surface area contributed by atoms with E-state index in [9.17, 15) is 4.79 Å². The van der Waals surface area contributed by atoms with Crippen LogP contribution in [0.3, 0.4) is 0 Å². The van der Waals surface area contributed by atoms with Crippen LogP contribution in [0.4, 0.5) is 0 Å². The molecule has 130 valence electrons. The van der Waals surface area contributed by atoms with Crippen LogP contribution in [0, 0.1) is 0 Å². The molecule has 0 saturated heterocycles. The minimum atomic E-state index is -0.0506. The number of halogens is 1. The van der Waals surface area contributed by atoms with Gasteiger partial charge in [0.05, 0.1) is 0 Å². The van der Waals surface area contributed by atoms with E-state index in [1.54, 1.807) is 6.20 Å². The first-order valence-corrected chi connectivity index (χ1v) is 8.78. The number of nitrogens with zero attached hydrogens (tertiary/aromatic N) is 1. The Hall–Kier alpha value is -2.33. The molecule has 25 heavy (non-hydrogen) atoms. The van der Waals surface area contributed by atoms with Crippen molar-refractivity contribution in [3.63, 3.8) is 0 Å². The highest BCUT2D eigenvalue weighted by Gasteiger charge is 2.25. The minimum absolute atomic E-state index is 0.0273. The third kappa shape index (κ3) is 5.07. The summed E-state index contributed by atoms with van der Waals surface area (Å²) in [6.45, 7) is 3.42. The Morgan fingerprint density at radius 2 is 2.16 bits per heavy atom. The maximum absolute atomic E-state index is 11.0. The molecule has 0 aliphatic heterocycles. The molecule has 1 aliphatic rings. The molecule has 0 unspecified atom stereocenters. The second kappa shape index (κ2) is 7.70. The van der Waals surface area contributed by atoms with Gasteiger partial charge in [-0.1, -0.05) is 29.8 Å². The average molecular weight is 357 g/mol. The Balaban J connectivity index is 1.61. The Morgan fingerprint density at radius 3 is 2.76 bits per heavy atom. The highest BCUT2D eigenvalue weighted by Crippen LogP contribution is 2.44. The van der Waals surface area contributed by atoms with E-state index < -0.39 is 0 Å². The van der Waals surface area contributed by atoms with Gasteiger partial charge in [0.1, 0.15) is 5.75 Å². The van der Waals surface area contributed by atoms with Gasteiger partial charge in [-0.2, -0.15) is 0 Å². The number of carbonyl (C=O) groups excluding carboxylic acids is 1. The lowest BCUT2D eigenvalue weighted by Crippen LogP contribution is -2.28. The third-order valence-electron chi connectivity index (χ3n) is 3.98. The van der Waals surface area contributed by atoms with E-state index in [4.69, 9.17) is 16.3 Å². The molecule has 1 aromatic carbocycles. The van der Waals surface area contributed by atoms with Gasteiger partial charge in [-0.25, -0.2) is 4.98 Å². The van der Waals surface area contributed by atoms with Crippen molar-refractivity contribution in [1.82, 2.24) is 10.3 Å². The predicted octanol–water partition coefficient (Wildman–Crippen LogP) is 4.94. The number of amides is 1. The molecular formula is C20H21ClN2O2. The van der Waals surface area contributed by atoms with Crippen LogP contribution in [0.15, 0.2) is 42.6 Å². The van der Waals surface area contributed by atoms with E-state index in [2.05, 4.69) is 10.3 Å². The lowest BCUT2D eigenvalue weighted by molar-refractivity contribution is -0.119. The van der Waals surface area contributed by atoms with Crippen molar-refractivity contribution < 1.29 is 9.53 Å². The second-order valence-electron chi connectivity index (χ2n) is 6.34. The number of hydrogen-bond donors (Lipinski definition) is 1. The zero-order chi connectivity index (χ0) is 17.8. The number of hydrogen-bond acceptors (Lipinski definition) is 3. The minimum Gasteiger partial charge on any atom is -0.439 e. The molecule has 1 atom stereocenters. The largest absolute Gasteiger partial charge is 0.439 e. The highest BCUT2D eigenvalue weighted by molar-refractivity contribution is 6.31. The number of pyridine rings is 1. The van der Waals surface area contributed by atoms with Gasteiger partial charge in [0.25, 0.3) is 0 Å². The van der Waals surface area contributed by atoms with Crippen molar-refractivity contribution in [2.24, 2.45) is 0 Å². The van der Waals surface area contributed by atoms with Crippen LogP contribution >= 0.6 is 11.6 Å². The van der Waals surface area contributed by atoms with Crippen LogP contribution in [-0.4, -0.2) is 16.9 Å². The topological polar surface area (TPSA) is 51.2 Å². The lowest BCUT2D eigenvalue weighted by Gasteiger charge is -2.08. The summed E-state index contributed by atoms with van der Waals surface area (Å²) < 4.78 is 5.77. The lowest BCUT2D eigenvalue weighted by atomic mass is 10.1. The molecule has 2 aromatic rings. The summed E-state index contributed by atoms with van der Waals surface area (Å²) in [6, 6.07) is 9.52. The normalized spacial score (nSPS) is 15.2. The summed E-state index contributed by atoms with van der Waals surface area (Å²) in [5.74, 6) is 1.77. The summed E-state index contributed by atoms with van der Waals surface area (Å²) in [5, 5.41) is 3.55. The molecule has 4 nitrogen and oxygen atoms in total. The summed E-state index contributed by atoms with van der Waals surface area (Å²) in [4.78, 5) is 15.3. The highest BCUT2D eigenvalue weighted by atomic mass is 35.5. The Morgan fingerprint density at radius 1 is 1.36 bits per heavy atom. The smallest absolute Gasteiger partial charge is 0.219 e. The van der Waals surface area contributed by atoms with Gasteiger partial charge in [0.2, 0.25) is 11.8 Å². The van der Waals surface area contributed by atoms with Crippen LogP contribution in [-0.2, 0) is 4.79 Å². The molecule has 0 spiro atoms. The molecule has 0 radical (unpaired) electrons. The number of aromatic nitrogens is 1. The molecule has 1 saturated carbocycles. The van der Waals surface area contributed by atoms with E-state index in [-0.39, 0.29) is 11.9 Å². The van der Waals surface area contributed by atoms with Crippen LogP contribution < -0.4 is 10.1 Å². The van der Waals surface area contributed by atoms with Gasteiger partial charge in [0.15, 0.2) is 0 Å². The Labute approximate surface area is 152 Å². The molecule has 1 aliphatic carbocycles. The molecule has 0 bridgehead atoms. The van der Waals surface area contributed by atoms with Crippen LogP contribution in [0.5, 0.6) is 11.6 Å². The molecule has 1 amide bonds. The van der Waals surface area contributed by atoms with E-state index in [1.807, 2.05) is 49.4 Å². The molecule has 1 heterocycles. The number of benzene rings is 1. The Kier molecular flexibility index (Phi) is 5.39. The maximum atomic E-state index is 11.0.